The van der Waals surface area contributed by atoms with Crippen LogP contribution in [0.4, 0.5) is 22.0 Å². The Hall–Kier alpha value is -4.44. The highest BCUT2D eigenvalue weighted by Crippen LogP contribution is 2.31. The van der Waals surface area contributed by atoms with Crippen molar-refractivity contribution in [2.24, 2.45) is 11.7 Å². The van der Waals surface area contributed by atoms with Crippen molar-refractivity contribution in [3.05, 3.63) is 78.4 Å². The van der Waals surface area contributed by atoms with Crippen LogP contribution in [0.3, 0.4) is 0 Å². The maximum absolute atomic E-state index is 12.8. The average Bonchev–Trinajstić information content (AvgIpc) is 3.54. The number of nitrogens with two attached hydrogens (primary N) is 1. The Balaban J connectivity index is 1.20. The number of fused-ring (bicyclic) bond motifs is 2. The van der Waals surface area contributed by atoms with Crippen molar-refractivity contribution in [3.63, 3.8) is 0 Å². The number of ether oxygens (including phenoxy) is 1. The first-order valence-corrected chi connectivity index (χ1v) is 13.9. The molecule has 40 heavy (non-hydrogen) atoms. The van der Waals surface area contributed by atoms with Gasteiger partial charge >= 0.3 is 6.09 Å². The van der Waals surface area contributed by atoms with Crippen molar-refractivity contribution in [2.75, 3.05) is 17.2 Å². The normalized spacial score (nSPS) is 17.2. The number of nitrogens with zero attached hydrogens (tertiary/aromatic N) is 5. The summed E-state index contributed by atoms with van der Waals surface area (Å²) in [6, 6.07) is 16.4. The van der Waals surface area contributed by atoms with Gasteiger partial charge in [0.1, 0.15) is 17.9 Å². The standard InChI is InChI=1S/C30H34N8O2/c1-2-25-26(36-30(39)40-24-11-8-20(15-31)9-12-24)18-38-28(25)29(32-19-34-38)35-23-10-13-27-22(14-23)16-33-37(27)17-21-6-4-3-5-7-21/h3-7,10,13-14,16,18-20,24H,2,8-9,11-12,15,17,31H2,1H3,(H,36,39)(H,32,34,35). The minimum atomic E-state index is -0.442. The first-order chi connectivity index (χ1) is 19.6. The lowest BCUT2D eigenvalue weighted by Gasteiger charge is -2.27. The largest absolute Gasteiger partial charge is 0.446 e. The maximum atomic E-state index is 12.8. The average molecular weight is 539 g/mol. The molecule has 4 N–H and O–H groups in total. The quantitative estimate of drug-likeness (QED) is 0.238. The number of carbonyl (C=O) groups excluding carboxylic acids is 1. The van der Waals surface area contributed by atoms with Crippen LogP contribution >= 0.6 is 0 Å². The zero-order valence-corrected chi connectivity index (χ0v) is 22.6. The van der Waals surface area contributed by atoms with Crippen LogP contribution in [0.25, 0.3) is 16.4 Å². The smallest absolute Gasteiger partial charge is 0.411 e. The van der Waals surface area contributed by atoms with Gasteiger partial charge in [0.25, 0.3) is 0 Å². The highest BCUT2D eigenvalue weighted by atomic mass is 16.6. The molecule has 0 bridgehead atoms. The Labute approximate surface area is 232 Å². The number of rotatable bonds is 8. The van der Waals surface area contributed by atoms with E-state index in [9.17, 15) is 4.79 Å². The lowest BCUT2D eigenvalue weighted by atomic mass is 9.87. The van der Waals surface area contributed by atoms with Crippen LogP contribution in [0.2, 0.25) is 0 Å². The molecular formula is C30H34N8O2. The number of hydrogen-bond acceptors (Lipinski definition) is 7. The van der Waals surface area contributed by atoms with Gasteiger partial charge in [-0.05, 0) is 68.3 Å². The van der Waals surface area contributed by atoms with E-state index in [0.29, 0.717) is 36.9 Å². The highest BCUT2D eigenvalue weighted by molar-refractivity contribution is 5.91. The van der Waals surface area contributed by atoms with E-state index in [2.05, 4.69) is 50.1 Å². The number of carbonyl (C=O) groups is 1. The van der Waals surface area contributed by atoms with Crippen molar-refractivity contribution in [1.82, 2.24) is 24.4 Å². The third kappa shape index (κ3) is 5.35. The molecule has 1 fully saturated rings. The Morgan fingerprint density at radius 1 is 1.10 bits per heavy atom. The second kappa shape index (κ2) is 11.4. The monoisotopic (exact) mass is 538 g/mol. The van der Waals surface area contributed by atoms with E-state index in [1.54, 1.807) is 4.52 Å². The van der Waals surface area contributed by atoms with Gasteiger partial charge in [0.2, 0.25) is 0 Å². The van der Waals surface area contributed by atoms with Gasteiger partial charge in [0.15, 0.2) is 5.82 Å². The highest BCUT2D eigenvalue weighted by Gasteiger charge is 2.24. The summed E-state index contributed by atoms with van der Waals surface area (Å²) in [7, 11) is 0. The molecule has 0 saturated heterocycles. The topological polar surface area (TPSA) is 124 Å². The molecule has 10 heteroatoms. The first kappa shape index (κ1) is 25.8. The van der Waals surface area contributed by atoms with Crippen LogP contribution in [-0.4, -0.2) is 43.1 Å². The third-order valence-electron chi connectivity index (χ3n) is 7.75. The van der Waals surface area contributed by atoms with Crippen LogP contribution in [0.15, 0.2) is 67.3 Å². The molecule has 1 aliphatic rings. The molecule has 2 aromatic carbocycles. The number of hydrogen-bond donors (Lipinski definition) is 3. The Kier molecular flexibility index (Phi) is 7.33. The van der Waals surface area contributed by atoms with Crippen molar-refractivity contribution < 1.29 is 9.53 Å². The summed E-state index contributed by atoms with van der Waals surface area (Å²) in [5.74, 6) is 1.19. The van der Waals surface area contributed by atoms with Gasteiger partial charge in [-0.15, -0.1) is 0 Å². The van der Waals surface area contributed by atoms with Gasteiger partial charge < -0.3 is 15.8 Å². The van der Waals surface area contributed by atoms with Crippen molar-refractivity contribution in [2.45, 2.75) is 51.7 Å². The van der Waals surface area contributed by atoms with E-state index >= 15 is 0 Å². The molecule has 0 aliphatic heterocycles. The number of amides is 1. The Morgan fingerprint density at radius 2 is 1.93 bits per heavy atom. The summed E-state index contributed by atoms with van der Waals surface area (Å²) in [6.45, 7) is 3.45. The van der Waals surface area contributed by atoms with Gasteiger partial charge in [-0.25, -0.2) is 14.3 Å². The molecule has 5 aromatic rings. The molecule has 1 aliphatic carbocycles. The van der Waals surface area contributed by atoms with Crippen molar-refractivity contribution >= 4 is 39.7 Å². The number of benzene rings is 2. The summed E-state index contributed by atoms with van der Waals surface area (Å²) < 4.78 is 9.47. The summed E-state index contributed by atoms with van der Waals surface area (Å²) in [6.07, 6.45) is 9.05. The minimum absolute atomic E-state index is 0.0751. The number of anilines is 3. The van der Waals surface area contributed by atoms with Crippen molar-refractivity contribution in [1.29, 1.82) is 0 Å². The van der Waals surface area contributed by atoms with Gasteiger partial charge in [-0.3, -0.25) is 10.00 Å². The van der Waals surface area contributed by atoms with Crippen LogP contribution in [0, 0.1) is 5.92 Å². The zero-order chi connectivity index (χ0) is 27.5. The van der Waals surface area contributed by atoms with Gasteiger partial charge in [-0.2, -0.15) is 10.2 Å². The fraction of sp³-hybridized carbons (Fsp3) is 0.333. The van der Waals surface area contributed by atoms with E-state index in [1.165, 1.54) is 11.9 Å². The predicted octanol–water partition coefficient (Wildman–Crippen LogP) is 5.50. The van der Waals surface area contributed by atoms with Crippen LogP contribution in [0.1, 0.15) is 43.7 Å². The van der Waals surface area contributed by atoms with Crippen LogP contribution in [-0.2, 0) is 17.7 Å². The molecule has 10 nitrogen and oxygen atoms in total. The molecule has 206 valence electrons. The van der Waals surface area contributed by atoms with E-state index in [1.807, 2.05) is 48.3 Å². The molecule has 0 spiro atoms. The number of nitrogens with one attached hydrogen (secondary N) is 2. The van der Waals surface area contributed by atoms with E-state index in [4.69, 9.17) is 10.5 Å². The molecule has 1 amide bonds. The third-order valence-corrected chi connectivity index (χ3v) is 7.75. The minimum Gasteiger partial charge on any atom is -0.446 e. The second-order valence-corrected chi connectivity index (χ2v) is 10.4. The van der Waals surface area contributed by atoms with Crippen LogP contribution in [0.5, 0.6) is 0 Å². The molecule has 6 rings (SSSR count). The molecular weight excluding hydrogens is 504 g/mol. The summed E-state index contributed by atoms with van der Waals surface area (Å²) >= 11 is 0. The molecule has 0 atom stereocenters. The molecule has 0 radical (unpaired) electrons. The van der Waals surface area contributed by atoms with E-state index in [0.717, 1.165) is 53.4 Å². The fourth-order valence-corrected chi connectivity index (χ4v) is 5.59. The summed E-state index contributed by atoms with van der Waals surface area (Å²) in [5, 5.41) is 16.4. The Morgan fingerprint density at radius 3 is 2.70 bits per heavy atom. The van der Waals surface area contributed by atoms with Gasteiger partial charge in [-0.1, -0.05) is 37.3 Å². The molecule has 1 saturated carbocycles. The predicted molar refractivity (Wildman–Crippen MR) is 156 cm³/mol. The fourth-order valence-electron chi connectivity index (χ4n) is 5.59. The number of aromatic nitrogens is 5. The van der Waals surface area contributed by atoms with Gasteiger partial charge in [0, 0.05) is 16.6 Å². The molecule has 0 unspecified atom stereocenters. The first-order valence-electron chi connectivity index (χ1n) is 13.9. The molecule has 3 aromatic heterocycles. The SMILES string of the molecule is CCc1c(NC(=O)OC2CCC(CN)CC2)cn2ncnc(Nc3ccc4c(cnn4Cc4ccccc4)c3)c12. The lowest BCUT2D eigenvalue weighted by molar-refractivity contribution is 0.0753. The van der Waals surface area contributed by atoms with Gasteiger partial charge in [0.05, 0.1) is 30.1 Å². The van der Waals surface area contributed by atoms with E-state index in [-0.39, 0.29) is 6.10 Å². The van der Waals surface area contributed by atoms with Crippen molar-refractivity contribution in [3.8, 4) is 0 Å². The number of aryl methyl sites for hydroxylation is 1. The second-order valence-electron chi connectivity index (χ2n) is 10.4. The maximum Gasteiger partial charge on any atom is 0.411 e. The van der Waals surface area contributed by atoms with E-state index < -0.39 is 6.09 Å². The summed E-state index contributed by atoms with van der Waals surface area (Å²) in [5.41, 5.74) is 11.3. The summed E-state index contributed by atoms with van der Waals surface area (Å²) in [4.78, 5) is 17.3. The molecule has 3 heterocycles. The Bertz CT molecular complexity index is 1620. The van der Waals surface area contributed by atoms with Crippen LogP contribution < -0.4 is 16.4 Å². The lowest BCUT2D eigenvalue weighted by Crippen LogP contribution is -2.29. The zero-order valence-electron chi connectivity index (χ0n) is 22.6.